The molecule has 1 rings (SSSR count). The lowest BCUT2D eigenvalue weighted by atomic mass is 10.0. The molecular weight excluding hydrogens is 169 g/mol. The summed E-state index contributed by atoms with van der Waals surface area (Å²) in [5, 5.41) is 4.15. The predicted molar refractivity (Wildman–Crippen MR) is 51.2 cm³/mol. The van der Waals surface area contributed by atoms with Crippen LogP contribution in [-0.2, 0) is 13.5 Å². The summed E-state index contributed by atoms with van der Waals surface area (Å²) >= 11 is 0. The van der Waals surface area contributed by atoms with Gasteiger partial charge in [0.15, 0.2) is 0 Å². The highest BCUT2D eigenvalue weighted by Crippen LogP contribution is 2.22. The highest BCUT2D eigenvalue weighted by molar-refractivity contribution is 5.48. The first-order chi connectivity index (χ1) is 5.81. The lowest BCUT2D eigenvalue weighted by molar-refractivity contribution is 0.215. The number of aromatic nitrogens is 2. The highest BCUT2D eigenvalue weighted by Gasteiger charge is 2.21. The van der Waals surface area contributed by atoms with Gasteiger partial charge in [-0.15, -0.1) is 0 Å². The van der Waals surface area contributed by atoms with Crippen LogP contribution < -0.4 is 5.73 Å². The fraction of sp³-hybridized carbons (Fsp3) is 0.667. The van der Waals surface area contributed by atoms with Crippen molar-refractivity contribution < 1.29 is 4.39 Å². The van der Waals surface area contributed by atoms with Crippen LogP contribution in [0.1, 0.15) is 25.2 Å². The molecule has 0 aromatic carbocycles. The second-order valence-corrected chi connectivity index (χ2v) is 3.96. The zero-order chi connectivity index (χ0) is 10.2. The van der Waals surface area contributed by atoms with Gasteiger partial charge in [0.2, 0.25) is 0 Å². The van der Waals surface area contributed by atoms with E-state index < -0.39 is 5.67 Å². The highest BCUT2D eigenvalue weighted by atomic mass is 19.1. The van der Waals surface area contributed by atoms with Crippen LogP contribution in [0, 0.1) is 6.92 Å². The molecule has 0 unspecified atom stereocenters. The zero-order valence-electron chi connectivity index (χ0n) is 8.56. The largest absolute Gasteiger partial charge is 0.396 e. The molecule has 0 aliphatic carbocycles. The number of alkyl halides is 1. The molecule has 0 bridgehead atoms. The number of nitrogen functional groups attached to an aromatic ring is 1. The maximum Gasteiger partial charge on any atom is 0.111 e. The van der Waals surface area contributed by atoms with Crippen LogP contribution in [0.4, 0.5) is 10.1 Å². The molecule has 0 saturated heterocycles. The second kappa shape index (κ2) is 3.01. The molecule has 1 aromatic heterocycles. The van der Waals surface area contributed by atoms with Gasteiger partial charge in [0.25, 0.3) is 0 Å². The average molecular weight is 185 g/mol. The maximum atomic E-state index is 13.3. The minimum absolute atomic E-state index is 0.264. The number of rotatable bonds is 2. The summed E-state index contributed by atoms with van der Waals surface area (Å²) in [7, 11) is 1.81. The molecule has 0 fully saturated rings. The number of nitrogens with two attached hydrogens (primary N) is 1. The lowest BCUT2D eigenvalue weighted by Gasteiger charge is -2.11. The van der Waals surface area contributed by atoms with E-state index in [2.05, 4.69) is 5.10 Å². The minimum atomic E-state index is -1.26. The number of aryl methyl sites for hydroxylation is 1. The second-order valence-electron chi connectivity index (χ2n) is 3.96. The third-order valence-corrected chi connectivity index (χ3v) is 2.04. The van der Waals surface area contributed by atoms with Gasteiger partial charge >= 0.3 is 0 Å². The van der Waals surface area contributed by atoms with Crippen molar-refractivity contribution in [3.8, 4) is 0 Å². The van der Waals surface area contributed by atoms with E-state index in [1.807, 2.05) is 6.92 Å². The van der Waals surface area contributed by atoms with Crippen molar-refractivity contribution in [1.29, 1.82) is 0 Å². The minimum Gasteiger partial charge on any atom is -0.396 e. The normalized spacial score (nSPS) is 12.1. The lowest BCUT2D eigenvalue weighted by Crippen LogP contribution is -2.17. The Morgan fingerprint density at radius 2 is 2.08 bits per heavy atom. The molecule has 13 heavy (non-hydrogen) atoms. The van der Waals surface area contributed by atoms with Crippen LogP contribution in [0.5, 0.6) is 0 Å². The Bertz CT molecular complexity index is 309. The van der Waals surface area contributed by atoms with Crippen molar-refractivity contribution in [2.75, 3.05) is 5.73 Å². The molecule has 2 N–H and O–H groups in total. The topological polar surface area (TPSA) is 43.8 Å². The molecule has 1 heterocycles. The third-order valence-electron chi connectivity index (χ3n) is 2.04. The van der Waals surface area contributed by atoms with E-state index in [4.69, 9.17) is 5.73 Å². The number of nitrogens with zero attached hydrogens (tertiary/aromatic N) is 2. The summed E-state index contributed by atoms with van der Waals surface area (Å²) in [4.78, 5) is 0. The van der Waals surface area contributed by atoms with E-state index in [0.29, 0.717) is 11.4 Å². The van der Waals surface area contributed by atoms with Crippen molar-refractivity contribution in [3.63, 3.8) is 0 Å². The first kappa shape index (κ1) is 10.0. The fourth-order valence-electron chi connectivity index (χ4n) is 1.22. The zero-order valence-corrected chi connectivity index (χ0v) is 8.56. The Balaban J connectivity index is 2.97. The third kappa shape index (κ3) is 2.20. The Morgan fingerprint density at radius 1 is 1.54 bits per heavy atom. The van der Waals surface area contributed by atoms with Gasteiger partial charge in [0.1, 0.15) is 5.67 Å². The number of hydrogen-bond donors (Lipinski definition) is 1. The summed E-state index contributed by atoms with van der Waals surface area (Å²) in [6, 6.07) is 0. The molecule has 0 atom stereocenters. The average Bonchev–Trinajstić information content (AvgIpc) is 2.15. The Morgan fingerprint density at radius 3 is 2.38 bits per heavy atom. The van der Waals surface area contributed by atoms with Crippen molar-refractivity contribution in [2.45, 2.75) is 32.9 Å². The van der Waals surface area contributed by atoms with Gasteiger partial charge in [-0.25, -0.2) is 4.39 Å². The molecule has 0 spiro atoms. The van der Waals surface area contributed by atoms with E-state index in [1.54, 1.807) is 11.7 Å². The van der Waals surface area contributed by atoms with Crippen LogP contribution in [0.2, 0.25) is 0 Å². The molecule has 0 saturated carbocycles. The van der Waals surface area contributed by atoms with Crippen LogP contribution in [0.15, 0.2) is 0 Å². The van der Waals surface area contributed by atoms with Gasteiger partial charge in [-0.3, -0.25) is 4.68 Å². The summed E-state index contributed by atoms with van der Waals surface area (Å²) in [5.74, 6) is 0. The smallest absolute Gasteiger partial charge is 0.111 e. The summed E-state index contributed by atoms with van der Waals surface area (Å²) < 4.78 is 15.0. The van der Waals surface area contributed by atoms with Crippen molar-refractivity contribution >= 4 is 5.69 Å². The Hall–Kier alpha value is -1.06. The number of halogens is 1. The van der Waals surface area contributed by atoms with Crippen LogP contribution in [-0.4, -0.2) is 15.4 Å². The Kier molecular flexibility index (Phi) is 2.32. The first-order valence-corrected chi connectivity index (χ1v) is 4.28. The van der Waals surface area contributed by atoms with E-state index in [-0.39, 0.29) is 6.42 Å². The molecule has 74 valence electrons. The summed E-state index contributed by atoms with van der Waals surface area (Å²) in [6.45, 7) is 4.92. The van der Waals surface area contributed by atoms with Crippen LogP contribution in [0.25, 0.3) is 0 Å². The molecule has 3 nitrogen and oxygen atoms in total. The predicted octanol–water partition coefficient (Wildman–Crippen LogP) is 1.60. The number of hydrogen-bond acceptors (Lipinski definition) is 2. The summed E-state index contributed by atoms with van der Waals surface area (Å²) in [5.41, 5.74) is 6.64. The maximum absolute atomic E-state index is 13.3. The van der Waals surface area contributed by atoms with Gasteiger partial charge in [-0.05, 0) is 20.8 Å². The van der Waals surface area contributed by atoms with Crippen molar-refractivity contribution in [3.05, 3.63) is 11.4 Å². The first-order valence-electron chi connectivity index (χ1n) is 4.28. The quantitative estimate of drug-likeness (QED) is 0.760. The van der Waals surface area contributed by atoms with E-state index in [0.717, 1.165) is 5.69 Å². The molecular formula is C9H16FN3. The van der Waals surface area contributed by atoms with Gasteiger partial charge < -0.3 is 5.73 Å². The van der Waals surface area contributed by atoms with E-state index in [1.165, 1.54) is 13.8 Å². The van der Waals surface area contributed by atoms with E-state index in [9.17, 15) is 4.39 Å². The summed E-state index contributed by atoms with van der Waals surface area (Å²) in [6.07, 6.45) is 0.264. The van der Waals surface area contributed by atoms with E-state index >= 15 is 0 Å². The fourth-order valence-corrected chi connectivity index (χ4v) is 1.22. The van der Waals surface area contributed by atoms with Crippen LogP contribution in [0.3, 0.4) is 0 Å². The number of anilines is 1. The molecule has 0 aliphatic heterocycles. The standard InChI is InChI=1S/C9H16FN3/c1-6-8(11)7(12-13(6)4)5-9(2,3)10/h5,11H2,1-4H3. The van der Waals surface area contributed by atoms with Gasteiger partial charge in [0.05, 0.1) is 17.1 Å². The van der Waals surface area contributed by atoms with Crippen molar-refractivity contribution in [1.82, 2.24) is 9.78 Å². The molecule has 0 aliphatic rings. The molecule has 4 heteroatoms. The Labute approximate surface area is 77.7 Å². The SMILES string of the molecule is Cc1c(N)c(CC(C)(C)F)nn1C. The van der Waals surface area contributed by atoms with Gasteiger partial charge in [-0.1, -0.05) is 0 Å². The molecule has 1 aromatic rings. The van der Waals surface area contributed by atoms with Gasteiger partial charge in [-0.2, -0.15) is 5.10 Å². The van der Waals surface area contributed by atoms with Gasteiger partial charge in [0, 0.05) is 13.5 Å². The van der Waals surface area contributed by atoms with Crippen molar-refractivity contribution in [2.24, 2.45) is 7.05 Å². The van der Waals surface area contributed by atoms with Crippen LogP contribution >= 0.6 is 0 Å². The molecule has 0 amide bonds. The monoisotopic (exact) mass is 185 g/mol. The molecule has 0 radical (unpaired) electrons.